The average Bonchev–Trinajstić information content (AvgIpc) is 3.27. The van der Waals surface area contributed by atoms with E-state index in [1.807, 2.05) is 13.8 Å². The molecule has 1 aliphatic rings. The molecule has 1 saturated heterocycles. The first-order valence-electron chi connectivity index (χ1n) is 14.0. The average molecular weight is 611 g/mol. The molecule has 0 aliphatic carbocycles. The fraction of sp³-hybridized carbons (Fsp3) is 0.577. The minimum Gasteiger partial charge on any atom is -0.493 e. The van der Waals surface area contributed by atoms with Crippen molar-refractivity contribution in [3.63, 3.8) is 0 Å². The number of H-pyrrole nitrogens is 1. The van der Waals surface area contributed by atoms with Gasteiger partial charge in [0.2, 0.25) is 10.0 Å². The highest BCUT2D eigenvalue weighted by Crippen LogP contribution is 2.52. The van der Waals surface area contributed by atoms with Crippen LogP contribution in [0.3, 0.4) is 0 Å². The SMILES string of the molecule is CCCOc1ccc(S(=O)(=O)N2CCN(P(=O)(OCC)OCC)CC2)cc1-c1nc2c(CCC)nn(C)c2c(=O)[nH]1. The molecule has 15 heteroatoms. The molecule has 3 heterocycles. The van der Waals surface area contributed by atoms with Crippen LogP contribution >= 0.6 is 7.75 Å². The lowest BCUT2D eigenvalue weighted by Gasteiger charge is -2.36. The van der Waals surface area contributed by atoms with Crippen LogP contribution in [0.5, 0.6) is 5.75 Å². The third kappa shape index (κ3) is 6.42. The van der Waals surface area contributed by atoms with Crippen LogP contribution in [0.15, 0.2) is 27.9 Å². The first-order valence-corrected chi connectivity index (χ1v) is 16.9. The molecule has 3 aromatic rings. The lowest BCUT2D eigenvalue weighted by molar-refractivity contribution is 0.148. The molecule has 4 rings (SSSR count). The molecule has 0 amide bonds. The number of sulfonamides is 1. The van der Waals surface area contributed by atoms with Crippen molar-refractivity contribution in [1.82, 2.24) is 28.7 Å². The van der Waals surface area contributed by atoms with E-state index in [-0.39, 0.29) is 55.7 Å². The summed E-state index contributed by atoms with van der Waals surface area (Å²) in [5.41, 5.74) is 1.52. The van der Waals surface area contributed by atoms with Gasteiger partial charge in [0.1, 0.15) is 17.1 Å². The van der Waals surface area contributed by atoms with Gasteiger partial charge in [-0.15, -0.1) is 0 Å². The van der Waals surface area contributed by atoms with Crippen molar-refractivity contribution in [2.45, 2.75) is 51.9 Å². The third-order valence-corrected chi connectivity index (χ3v) is 10.9. The van der Waals surface area contributed by atoms with E-state index in [1.54, 1.807) is 31.6 Å². The number of nitrogens with zero attached hydrogens (tertiary/aromatic N) is 5. The summed E-state index contributed by atoms with van der Waals surface area (Å²) >= 11 is 0. The zero-order chi connectivity index (χ0) is 29.8. The van der Waals surface area contributed by atoms with E-state index in [0.717, 1.165) is 12.8 Å². The van der Waals surface area contributed by atoms with Gasteiger partial charge < -0.3 is 9.72 Å². The topological polar surface area (TPSA) is 149 Å². The molecule has 0 spiro atoms. The van der Waals surface area contributed by atoms with Gasteiger partial charge in [0, 0.05) is 33.2 Å². The zero-order valence-electron chi connectivity index (χ0n) is 24.3. The van der Waals surface area contributed by atoms with Crippen LogP contribution in [0, 0.1) is 0 Å². The van der Waals surface area contributed by atoms with E-state index < -0.39 is 17.8 Å². The van der Waals surface area contributed by atoms with Gasteiger partial charge in [-0.05, 0) is 44.9 Å². The van der Waals surface area contributed by atoms with Crippen molar-refractivity contribution >= 4 is 28.8 Å². The molecule has 1 aliphatic heterocycles. The number of benzene rings is 1. The van der Waals surface area contributed by atoms with Gasteiger partial charge in [0.25, 0.3) is 5.56 Å². The molecule has 1 fully saturated rings. The van der Waals surface area contributed by atoms with Gasteiger partial charge in [0.15, 0.2) is 5.52 Å². The molecule has 0 atom stereocenters. The van der Waals surface area contributed by atoms with Crippen LogP contribution in [0.25, 0.3) is 22.4 Å². The highest BCUT2D eigenvalue weighted by Gasteiger charge is 2.38. The summed E-state index contributed by atoms with van der Waals surface area (Å²) in [6.45, 7) is 8.87. The Kier molecular flexibility index (Phi) is 10.0. The molecule has 1 aromatic carbocycles. The summed E-state index contributed by atoms with van der Waals surface area (Å²) < 4.78 is 61.9. The molecule has 2 aromatic heterocycles. The highest BCUT2D eigenvalue weighted by molar-refractivity contribution is 7.89. The van der Waals surface area contributed by atoms with Crippen LogP contribution in [0.2, 0.25) is 0 Å². The Morgan fingerprint density at radius 1 is 1.02 bits per heavy atom. The van der Waals surface area contributed by atoms with Crippen molar-refractivity contribution in [3.05, 3.63) is 34.2 Å². The van der Waals surface area contributed by atoms with E-state index in [1.165, 1.54) is 21.1 Å². The quantitative estimate of drug-likeness (QED) is 0.285. The number of rotatable bonds is 13. The maximum atomic E-state index is 13.8. The van der Waals surface area contributed by atoms with Crippen LogP contribution in [0.4, 0.5) is 0 Å². The number of piperazine rings is 1. The molecule has 41 heavy (non-hydrogen) atoms. The van der Waals surface area contributed by atoms with E-state index in [0.29, 0.717) is 41.1 Å². The summed E-state index contributed by atoms with van der Waals surface area (Å²) in [5, 5.41) is 4.47. The number of hydrogen-bond donors (Lipinski definition) is 1. The Morgan fingerprint density at radius 2 is 1.71 bits per heavy atom. The maximum absolute atomic E-state index is 13.8. The largest absolute Gasteiger partial charge is 0.493 e. The third-order valence-electron chi connectivity index (χ3n) is 6.70. The van der Waals surface area contributed by atoms with Gasteiger partial charge in [0.05, 0.1) is 36.0 Å². The second-order valence-electron chi connectivity index (χ2n) is 9.60. The van der Waals surface area contributed by atoms with Gasteiger partial charge in [-0.25, -0.2) is 22.6 Å². The number of aryl methyl sites for hydroxylation is 2. The van der Waals surface area contributed by atoms with Crippen molar-refractivity contribution in [3.8, 4) is 17.1 Å². The summed E-state index contributed by atoms with van der Waals surface area (Å²) in [4.78, 5) is 20.7. The fourth-order valence-corrected chi connectivity index (χ4v) is 7.98. The Balaban J connectivity index is 1.71. The van der Waals surface area contributed by atoms with Gasteiger partial charge >= 0.3 is 7.75 Å². The predicted octanol–water partition coefficient (Wildman–Crippen LogP) is 3.55. The molecule has 0 saturated carbocycles. The highest BCUT2D eigenvalue weighted by atomic mass is 32.2. The molecule has 1 N–H and O–H groups in total. The van der Waals surface area contributed by atoms with Crippen molar-refractivity contribution in [1.29, 1.82) is 0 Å². The predicted molar refractivity (Wildman–Crippen MR) is 156 cm³/mol. The molecule has 13 nitrogen and oxygen atoms in total. The molecule has 0 radical (unpaired) electrons. The van der Waals surface area contributed by atoms with Gasteiger partial charge in [-0.3, -0.25) is 18.5 Å². The maximum Gasteiger partial charge on any atom is 0.408 e. The van der Waals surface area contributed by atoms with E-state index in [4.69, 9.17) is 18.8 Å². The first kappa shape index (κ1) is 31.3. The van der Waals surface area contributed by atoms with Crippen molar-refractivity contribution in [2.24, 2.45) is 7.05 Å². The number of hydrogen-bond acceptors (Lipinski definition) is 9. The Morgan fingerprint density at radius 3 is 2.32 bits per heavy atom. The second kappa shape index (κ2) is 13.1. The number of fused-ring (bicyclic) bond motifs is 1. The lowest BCUT2D eigenvalue weighted by atomic mass is 10.1. The van der Waals surface area contributed by atoms with E-state index in [2.05, 4.69) is 10.1 Å². The zero-order valence-corrected chi connectivity index (χ0v) is 26.0. The van der Waals surface area contributed by atoms with Crippen LogP contribution < -0.4 is 10.3 Å². The molecule has 0 unspecified atom stereocenters. The summed E-state index contributed by atoms with van der Waals surface area (Å²) in [5.74, 6) is 0.614. The standard InChI is InChI=1S/C26H39N6O7PS/c1-6-10-21-23-24(30(5)29-21)26(33)28-25(27-23)20-18-19(11-12-22(20)37-17-7-2)41(35,36)32-15-13-31(14-16-32)40(34,38-8-3)39-9-4/h11-12,18H,6-10,13-17H2,1-5H3,(H,27,28,33). The Labute approximate surface area is 240 Å². The monoisotopic (exact) mass is 610 g/mol. The number of aromatic nitrogens is 4. The van der Waals surface area contributed by atoms with Crippen molar-refractivity contribution < 1.29 is 26.8 Å². The number of nitrogens with one attached hydrogen (secondary N) is 1. The van der Waals surface area contributed by atoms with E-state index in [9.17, 15) is 17.8 Å². The number of ether oxygens (including phenoxy) is 1. The summed E-state index contributed by atoms with van der Waals surface area (Å²) in [7, 11) is -5.75. The second-order valence-corrected chi connectivity index (χ2v) is 13.6. The van der Waals surface area contributed by atoms with Gasteiger partial charge in [-0.2, -0.15) is 9.40 Å². The fourth-order valence-electron chi connectivity index (χ4n) is 4.81. The molecular weight excluding hydrogens is 571 g/mol. The Hall–Kier alpha value is -2.61. The number of aromatic amines is 1. The minimum absolute atomic E-state index is 0.0327. The van der Waals surface area contributed by atoms with Crippen LogP contribution in [0.1, 0.15) is 46.2 Å². The summed E-state index contributed by atoms with van der Waals surface area (Å²) in [6.07, 6.45) is 2.21. The van der Waals surface area contributed by atoms with E-state index >= 15 is 0 Å². The smallest absolute Gasteiger partial charge is 0.408 e. The first-order chi connectivity index (χ1) is 19.6. The Bertz CT molecular complexity index is 1570. The minimum atomic E-state index is -3.95. The van der Waals surface area contributed by atoms with Gasteiger partial charge in [-0.1, -0.05) is 20.3 Å². The van der Waals surface area contributed by atoms with Crippen molar-refractivity contribution in [2.75, 3.05) is 46.0 Å². The molecule has 0 bridgehead atoms. The van der Waals surface area contributed by atoms with Crippen LogP contribution in [-0.2, 0) is 37.1 Å². The van der Waals surface area contributed by atoms with Crippen LogP contribution in [-0.4, -0.2) is 83.1 Å². The molecular formula is C26H39N6O7PS. The molecule has 226 valence electrons. The summed E-state index contributed by atoms with van der Waals surface area (Å²) in [6, 6.07) is 4.57. The lowest BCUT2D eigenvalue weighted by Crippen LogP contribution is -2.47. The normalized spacial score (nSPS) is 15.5.